The molecule has 0 unspecified atom stereocenters. The molecule has 0 aliphatic carbocycles. The van der Waals surface area contributed by atoms with Gasteiger partial charge in [0, 0.05) is 0 Å². The summed E-state index contributed by atoms with van der Waals surface area (Å²) in [6.07, 6.45) is 0. The molecule has 0 bridgehead atoms. The molecule has 0 rings (SSSR count). The van der Waals surface area contributed by atoms with Crippen LogP contribution in [0, 0.1) is 0 Å². The van der Waals surface area contributed by atoms with Gasteiger partial charge in [-0.05, 0) is 0 Å². The van der Waals surface area contributed by atoms with Crippen LogP contribution in [0.3, 0.4) is 0 Å². The molecular formula is H9N3Si2. The average Bonchev–Trinajstić information content (AvgIpc) is 1.41. The summed E-state index contributed by atoms with van der Waals surface area (Å²) in [5.41, 5.74) is 0. The van der Waals surface area contributed by atoms with Crippen LogP contribution in [-0.2, 0) is 0 Å². The zero-order chi connectivity index (χ0) is 4.12. The molecule has 5 heavy (non-hydrogen) atoms. The fraction of sp³-hybridized carbons (Fsp3) is 0. The van der Waals surface area contributed by atoms with Gasteiger partial charge in [-0.1, -0.05) is 0 Å². The molecule has 0 radical (unpaired) electrons. The third kappa shape index (κ3) is 4.31. The fourth-order valence-corrected chi connectivity index (χ4v) is 0.750. The highest BCUT2D eigenvalue weighted by atomic mass is 28.3. The second kappa shape index (κ2) is 4.31. The first-order valence-electron chi connectivity index (χ1n) is 1.52. The lowest BCUT2D eigenvalue weighted by Gasteiger charge is -1.84. The largest absolute Gasteiger partial charge is 0.346 e. The van der Waals surface area contributed by atoms with Gasteiger partial charge in [-0.25, -0.2) is 0 Å². The van der Waals surface area contributed by atoms with Gasteiger partial charge in [0.25, 0.3) is 0 Å². The first-order chi connectivity index (χ1) is 2.41. The van der Waals surface area contributed by atoms with E-state index in [0.717, 1.165) is 0 Å². The SMILES string of the molecule is N[SiH2]N[SiH2]N. The topological polar surface area (TPSA) is 64.1 Å². The average molecular weight is 107 g/mol. The summed E-state index contributed by atoms with van der Waals surface area (Å²) in [4.78, 5) is 0. The molecule has 0 aromatic carbocycles. The van der Waals surface area contributed by atoms with Crippen molar-refractivity contribution in [2.75, 3.05) is 0 Å². The van der Waals surface area contributed by atoms with E-state index in [-0.39, 0.29) is 0 Å². The van der Waals surface area contributed by atoms with Crippen LogP contribution >= 0.6 is 0 Å². The lowest BCUT2D eigenvalue weighted by atomic mass is 13.8. The summed E-state index contributed by atoms with van der Waals surface area (Å²) in [6, 6.07) is 0. The highest BCUT2D eigenvalue weighted by Crippen LogP contribution is 1.15. The zero-order valence-corrected chi connectivity index (χ0v) is 5.90. The molecule has 5 heteroatoms. The molecule has 0 spiro atoms. The molecule has 3 nitrogen and oxygen atoms in total. The number of nitrogens with two attached hydrogens (primary N) is 2. The first-order valence-corrected chi connectivity index (χ1v) is 4.57. The normalized spacial score (nSPS) is 13.2. The van der Waals surface area contributed by atoms with Crippen molar-refractivity contribution in [1.82, 2.24) is 4.65 Å². The number of nitrogens with one attached hydrogen (secondary N) is 1. The Bertz CT molecular complexity index is 12.4. The minimum absolute atomic E-state index is 0.399. The molecule has 0 saturated heterocycles. The van der Waals surface area contributed by atoms with Gasteiger partial charge in [-0.3, -0.25) is 0 Å². The van der Waals surface area contributed by atoms with Crippen molar-refractivity contribution in [3.05, 3.63) is 0 Å². The van der Waals surface area contributed by atoms with E-state index in [1.165, 1.54) is 0 Å². The van der Waals surface area contributed by atoms with Gasteiger partial charge in [0.15, 0.2) is 19.7 Å². The van der Waals surface area contributed by atoms with Gasteiger partial charge >= 0.3 is 0 Å². The van der Waals surface area contributed by atoms with Crippen molar-refractivity contribution in [3.8, 4) is 0 Å². The van der Waals surface area contributed by atoms with Gasteiger partial charge in [-0.15, -0.1) is 0 Å². The molecule has 0 atom stereocenters. The van der Waals surface area contributed by atoms with Crippen molar-refractivity contribution in [2.45, 2.75) is 0 Å². The Morgan fingerprint density at radius 3 is 1.60 bits per heavy atom. The molecular weight excluding hydrogens is 98.2 g/mol. The molecule has 0 heterocycles. The first kappa shape index (κ1) is 5.31. The number of hydrogen-bond acceptors (Lipinski definition) is 3. The third-order valence-electron chi connectivity index (χ3n) is 0.289. The molecule has 0 fully saturated rings. The second-order valence-corrected chi connectivity index (χ2v) is 3.47. The highest BCUT2D eigenvalue weighted by Gasteiger charge is 1.66. The van der Waals surface area contributed by atoms with E-state index in [1.807, 2.05) is 0 Å². The quantitative estimate of drug-likeness (QED) is 0.321. The smallest absolute Gasteiger partial charge is 0.158 e. The van der Waals surface area contributed by atoms with E-state index < -0.39 is 19.7 Å². The van der Waals surface area contributed by atoms with Crippen LogP contribution in [0.2, 0.25) is 0 Å². The van der Waals surface area contributed by atoms with Crippen molar-refractivity contribution in [1.29, 1.82) is 0 Å². The maximum absolute atomic E-state index is 5.12. The fourth-order valence-electron chi connectivity index (χ4n) is 0.0833. The lowest BCUT2D eigenvalue weighted by molar-refractivity contribution is 1.50. The Morgan fingerprint density at radius 1 is 1.20 bits per heavy atom. The van der Waals surface area contributed by atoms with Crippen LogP contribution in [0.4, 0.5) is 0 Å². The van der Waals surface area contributed by atoms with Crippen molar-refractivity contribution in [3.63, 3.8) is 0 Å². The van der Waals surface area contributed by atoms with E-state index in [0.29, 0.717) is 0 Å². The van der Waals surface area contributed by atoms with E-state index >= 15 is 0 Å². The van der Waals surface area contributed by atoms with E-state index in [9.17, 15) is 0 Å². The molecule has 32 valence electrons. The molecule has 0 aromatic heterocycles. The minimum atomic E-state index is -0.399. The third-order valence-corrected chi connectivity index (χ3v) is 2.60. The number of rotatable bonds is 2. The summed E-state index contributed by atoms with van der Waals surface area (Å²) in [5.74, 6) is 0. The molecule has 0 saturated carbocycles. The van der Waals surface area contributed by atoms with Gasteiger partial charge in [0.05, 0.1) is 0 Å². The summed E-state index contributed by atoms with van der Waals surface area (Å²) < 4.78 is 2.94. The Hall–Kier alpha value is 0.314. The predicted molar refractivity (Wildman–Crippen MR) is 28.6 cm³/mol. The summed E-state index contributed by atoms with van der Waals surface area (Å²) in [7, 11) is -0.799. The Labute approximate surface area is 36.1 Å². The predicted octanol–water partition coefficient (Wildman–Crippen LogP) is -3.51. The van der Waals surface area contributed by atoms with Crippen molar-refractivity contribution in [2.24, 2.45) is 10.8 Å². The Kier molecular flexibility index (Phi) is 4.58. The maximum atomic E-state index is 5.12. The Morgan fingerprint density at radius 2 is 1.60 bits per heavy atom. The van der Waals surface area contributed by atoms with Gasteiger partial charge in [0.2, 0.25) is 0 Å². The molecule has 5 N–H and O–H groups in total. The van der Waals surface area contributed by atoms with E-state index in [1.54, 1.807) is 0 Å². The van der Waals surface area contributed by atoms with Gasteiger partial charge in [0.1, 0.15) is 0 Å². The Balaban J connectivity index is 2.19. The van der Waals surface area contributed by atoms with Crippen LogP contribution in [0.5, 0.6) is 0 Å². The monoisotopic (exact) mass is 107 g/mol. The molecule has 0 amide bonds. The maximum Gasteiger partial charge on any atom is 0.158 e. The summed E-state index contributed by atoms with van der Waals surface area (Å²) in [6.45, 7) is 0. The standard InChI is InChI=1S/H9N3Si2/c1-4-3-5-2/h3H,1-2,4-5H2. The van der Waals surface area contributed by atoms with Crippen molar-refractivity contribution >= 4 is 19.7 Å². The van der Waals surface area contributed by atoms with Crippen LogP contribution in [0.25, 0.3) is 0 Å². The number of hydrogen-bond donors (Lipinski definition) is 3. The molecule has 0 aromatic rings. The molecule has 0 aliphatic rings. The minimum Gasteiger partial charge on any atom is -0.346 e. The van der Waals surface area contributed by atoms with Crippen LogP contribution in [0.1, 0.15) is 0 Å². The summed E-state index contributed by atoms with van der Waals surface area (Å²) in [5, 5.41) is 10.2. The second-order valence-electron chi connectivity index (χ2n) is 0.658. The van der Waals surface area contributed by atoms with Gasteiger partial charge < -0.3 is 15.4 Å². The van der Waals surface area contributed by atoms with Crippen molar-refractivity contribution < 1.29 is 0 Å². The molecule has 0 aliphatic heterocycles. The van der Waals surface area contributed by atoms with E-state index in [2.05, 4.69) is 4.65 Å². The highest BCUT2D eigenvalue weighted by molar-refractivity contribution is 6.46. The zero-order valence-electron chi connectivity index (χ0n) is 3.07. The van der Waals surface area contributed by atoms with E-state index in [4.69, 9.17) is 10.8 Å². The van der Waals surface area contributed by atoms with Crippen LogP contribution in [-0.4, -0.2) is 19.7 Å². The van der Waals surface area contributed by atoms with Crippen LogP contribution in [0.15, 0.2) is 0 Å². The lowest BCUT2D eigenvalue weighted by Crippen LogP contribution is -2.35. The van der Waals surface area contributed by atoms with Crippen LogP contribution < -0.4 is 15.4 Å². The van der Waals surface area contributed by atoms with Gasteiger partial charge in [-0.2, -0.15) is 0 Å². The summed E-state index contributed by atoms with van der Waals surface area (Å²) >= 11 is 0.